The number of aromatic amines is 1. The highest BCUT2D eigenvalue weighted by Gasteiger charge is 2.48. The summed E-state index contributed by atoms with van der Waals surface area (Å²) in [5.74, 6) is 0.348. The van der Waals surface area contributed by atoms with Crippen molar-refractivity contribution in [3.8, 4) is 11.4 Å². The van der Waals surface area contributed by atoms with Crippen molar-refractivity contribution in [3.63, 3.8) is 0 Å². The second-order valence-electron chi connectivity index (χ2n) is 8.40. The number of H-pyrrole nitrogens is 1. The van der Waals surface area contributed by atoms with Gasteiger partial charge in [0.1, 0.15) is 11.4 Å². The van der Waals surface area contributed by atoms with Gasteiger partial charge in [-0.2, -0.15) is 5.10 Å². The standard InChI is InChI=1S/C17H24N4O6Si/c1-16(2,3)28(4,5)26-10-17(9-22)14-18-19-15(23)20(14)12-8-11(21(24)25)6-7-13(12)27-17/h6-8,22H,9-10H2,1-5H3,(H,19,23). The van der Waals surface area contributed by atoms with Crippen molar-refractivity contribution in [3.05, 3.63) is 44.6 Å². The largest absolute Gasteiger partial charge is 0.472 e. The lowest BCUT2D eigenvalue weighted by atomic mass is 10.0. The zero-order chi connectivity index (χ0) is 20.9. The molecule has 0 radical (unpaired) electrons. The number of nitro benzene ring substituents is 1. The van der Waals surface area contributed by atoms with Crippen molar-refractivity contribution in [1.82, 2.24) is 14.8 Å². The molecule has 0 saturated heterocycles. The number of nitro groups is 1. The molecule has 10 nitrogen and oxygen atoms in total. The van der Waals surface area contributed by atoms with Crippen LogP contribution in [0.4, 0.5) is 5.69 Å². The Hall–Kier alpha value is -2.50. The van der Waals surface area contributed by atoms with Crippen molar-refractivity contribution >= 4 is 14.0 Å². The lowest BCUT2D eigenvalue weighted by Gasteiger charge is -2.41. The summed E-state index contributed by atoms with van der Waals surface area (Å²) in [5.41, 5.74) is -1.97. The number of non-ortho nitro benzene ring substituents is 1. The number of benzene rings is 1. The third-order valence-electron chi connectivity index (χ3n) is 5.51. The monoisotopic (exact) mass is 408 g/mol. The van der Waals surface area contributed by atoms with Crippen LogP contribution in [0, 0.1) is 10.1 Å². The van der Waals surface area contributed by atoms with Crippen LogP contribution in [0.5, 0.6) is 5.75 Å². The molecule has 1 atom stereocenters. The van der Waals surface area contributed by atoms with Gasteiger partial charge in [0.15, 0.2) is 14.1 Å². The quantitative estimate of drug-likeness (QED) is 0.439. The smallest absolute Gasteiger partial charge is 0.348 e. The van der Waals surface area contributed by atoms with Gasteiger partial charge in [0.2, 0.25) is 5.60 Å². The zero-order valence-corrected chi connectivity index (χ0v) is 17.5. The number of aliphatic hydroxyl groups is 1. The van der Waals surface area contributed by atoms with Crippen LogP contribution in [-0.2, 0) is 10.0 Å². The Bertz CT molecular complexity index is 977. The minimum atomic E-state index is -2.19. The molecule has 0 spiro atoms. The topological polar surface area (TPSA) is 133 Å². The first-order valence-corrected chi connectivity index (χ1v) is 11.7. The molecule has 1 aromatic heterocycles. The Kier molecular flexibility index (Phi) is 4.72. The third-order valence-corrected chi connectivity index (χ3v) is 9.99. The minimum absolute atomic E-state index is 0.0132. The molecule has 152 valence electrons. The van der Waals surface area contributed by atoms with Crippen molar-refractivity contribution in [1.29, 1.82) is 0 Å². The maximum Gasteiger partial charge on any atom is 0.348 e. The van der Waals surface area contributed by atoms with Crippen LogP contribution in [0.1, 0.15) is 26.6 Å². The molecule has 0 saturated carbocycles. The lowest BCUT2D eigenvalue weighted by molar-refractivity contribution is -0.384. The Morgan fingerprint density at radius 3 is 2.68 bits per heavy atom. The van der Waals surface area contributed by atoms with E-state index in [2.05, 4.69) is 44.1 Å². The van der Waals surface area contributed by atoms with Crippen LogP contribution >= 0.6 is 0 Å². The number of rotatable bonds is 5. The van der Waals surface area contributed by atoms with E-state index in [1.807, 2.05) is 0 Å². The molecular formula is C17H24N4O6Si. The summed E-state index contributed by atoms with van der Waals surface area (Å²) in [6.07, 6.45) is 0. The number of nitrogens with one attached hydrogen (secondary N) is 1. The molecule has 0 bridgehead atoms. The van der Waals surface area contributed by atoms with Gasteiger partial charge in [-0.25, -0.2) is 14.5 Å². The number of ether oxygens (including phenoxy) is 1. The molecule has 1 aromatic carbocycles. The Morgan fingerprint density at radius 2 is 2.11 bits per heavy atom. The summed E-state index contributed by atoms with van der Waals surface area (Å²) >= 11 is 0. The van der Waals surface area contributed by atoms with Gasteiger partial charge in [0.05, 0.1) is 18.1 Å². The number of aromatic nitrogens is 3. The number of hydrogen-bond donors (Lipinski definition) is 2. The van der Waals surface area contributed by atoms with E-state index in [4.69, 9.17) is 9.16 Å². The molecule has 2 N–H and O–H groups in total. The van der Waals surface area contributed by atoms with E-state index in [9.17, 15) is 20.0 Å². The molecule has 1 aliphatic heterocycles. The number of hydrogen-bond acceptors (Lipinski definition) is 7. The van der Waals surface area contributed by atoms with Crippen LogP contribution in [0.15, 0.2) is 23.0 Å². The zero-order valence-electron chi connectivity index (χ0n) is 16.5. The van der Waals surface area contributed by atoms with Gasteiger partial charge in [0.25, 0.3) is 5.69 Å². The Morgan fingerprint density at radius 1 is 1.43 bits per heavy atom. The second-order valence-corrected chi connectivity index (χ2v) is 13.2. The van der Waals surface area contributed by atoms with Gasteiger partial charge in [-0.3, -0.25) is 10.1 Å². The van der Waals surface area contributed by atoms with E-state index < -0.39 is 31.1 Å². The van der Waals surface area contributed by atoms with Crippen LogP contribution < -0.4 is 10.4 Å². The Balaban J connectivity index is 2.08. The van der Waals surface area contributed by atoms with Crippen molar-refractivity contribution < 1.29 is 19.2 Å². The first kappa shape index (κ1) is 20.2. The molecule has 0 fully saturated rings. The fourth-order valence-corrected chi connectivity index (χ4v) is 3.75. The number of fused-ring (bicyclic) bond motifs is 3. The van der Waals surface area contributed by atoms with Gasteiger partial charge in [-0.05, 0) is 24.2 Å². The normalized spacial score (nSPS) is 18.9. The number of aliphatic hydroxyl groups excluding tert-OH is 1. The van der Waals surface area contributed by atoms with Gasteiger partial charge >= 0.3 is 5.69 Å². The molecule has 1 aliphatic rings. The van der Waals surface area contributed by atoms with Crippen molar-refractivity contribution in [2.75, 3.05) is 13.2 Å². The summed E-state index contributed by atoms with van der Waals surface area (Å²) in [6, 6.07) is 3.93. The predicted octanol–water partition coefficient (Wildman–Crippen LogP) is 2.07. The SMILES string of the molecule is CC(C)(C)[Si](C)(C)OCC1(CO)Oc2ccc([N+](=O)[O-])cc2-n2c1n[nH]c2=O. The van der Waals surface area contributed by atoms with Crippen molar-refractivity contribution in [2.24, 2.45) is 0 Å². The molecule has 2 heterocycles. The second kappa shape index (κ2) is 6.53. The highest BCUT2D eigenvalue weighted by atomic mass is 28.4. The van der Waals surface area contributed by atoms with Crippen molar-refractivity contribution in [2.45, 2.75) is 44.5 Å². The molecule has 0 aliphatic carbocycles. The fourth-order valence-electron chi connectivity index (χ4n) is 2.72. The highest BCUT2D eigenvalue weighted by Crippen LogP contribution is 2.41. The summed E-state index contributed by atoms with van der Waals surface area (Å²) in [4.78, 5) is 22.9. The fraction of sp³-hybridized carbons (Fsp3) is 0.529. The summed E-state index contributed by atoms with van der Waals surface area (Å²) in [5, 5.41) is 27.6. The van der Waals surface area contributed by atoms with Crippen LogP contribution in [0.2, 0.25) is 18.1 Å². The van der Waals surface area contributed by atoms with Crippen LogP contribution in [0.3, 0.4) is 0 Å². The first-order valence-electron chi connectivity index (χ1n) is 8.82. The molecule has 1 unspecified atom stereocenters. The maximum atomic E-state index is 12.4. The lowest BCUT2D eigenvalue weighted by Crippen LogP contribution is -2.51. The van der Waals surface area contributed by atoms with Gasteiger partial charge in [-0.1, -0.05) is 20.8 Å². The van der Waals surface area contributed by atoms with Crippen LogP contribution in [0.25, 0.3) is 5.69 Å². The molecule has 0 amide bonds. The molecule has 28 heavy (non-hydrogen) atoms. The first-order chi connectivity index (χ1) is 12.9. The molecular weight excluding hydrogens is 384 g/mol. The van der Waals surface area contributed by atoms with Crippen LogP contribution in [-0.4, -0.2) is 46.3 Å². The third kappa shape index (κ3) is 3.14. The summed E-state index contributed by atoms with van der Waals surface area (Å²) < 4.78 is 13.5. The summed E-state index contributed by atoms with van der Waals surface area (Å²) in [6.45, 7) is 9.90. The van der Waals surface area contributed by atoms with E-state index in [-0.39, 0.29) is 34.6 Å². The maximum absolute atomic E-state index is 12.4. The highest BCUT2D eigenvalue weighted by molar-refractivity contribution is 6.74. The minimum Gasteiger partial charge on any atom is -0.472 e. The van der Waals surface area contributed by atoms with E-state index in [0.29, 0.717) is 0 Å². The van der Waals surface area contributed by atoms with Gasteiger partial charge in [-0.15, -0.1) is 0 Å². The molecule has 11 heteroatoms. The van der Waals surface area contributed by atoms with E-state index in [0.717, 1.165) is 0 Å². The average Bonchev–Trinajstić information content (AvgIpc) is 3.01. The molecule has 2 aromatic rings. The van der Waals surface area contributed by atoms with E-state index >= 15 is 0 Å². The van der Waals surface area contributed by atoms with Gasteiger partial charge < -0.3 is 14.3 Å². The van der Waals surface area contributed by atoms with Gasteiger partial charge in [0, 0.05) is 12.1 Å². The van der Waals surface area contributed by atoms with E-state index in [1.54, 1.807) is 0 Å². The molecule has 3 rings (SSSR count). The summed E-state index contributed by atoms with van der Waals surface area (Å²) in [7, 11) is -2.19. The Labute approximate surface area is 162 Å². The average molecular weight is 408 g/mol. The number of nitrogens with zero attached hydrogens (tertiary/aromatic N) is 3. The van der Waals surface area contributed by atoms with E-state index in [1.165, 1.54) is 22.8 Å². The predicted molar refractivity (Wildman–Crippen MR) is 103 cm³/mol.